The first-order valence-corrected chi connectivity index (χ1v) is 9.60. The summed E-state index contributed by atoms with van der Waals surface area (Å²) in [4.78, 5) is 31.0. The highest BCUT2D eigenvalue weighted by atomic mass is 32.1. The maximum absolute atomic E-state index is 13.2. The Morgan fingerprint density at radius 3 is 2.43 bits per heavy atom. The first kappa shape index (κ1) is 19.7. The molecule has 0 aliphatic carbocycles. The molecule has 0 saturated carbocycles. The molecule has 1 aromatic heterocycles. The number of rotatable bonds is 7. The SMILES string of the molecule is Cc1nc(-c2ccc(F)cc2)sc1C(=O)N(CCC(N)=O)Cc1ccccc1. The summed E-state index contributed by atoms with van der Waals surface area (Å²) in [5.41, 5.74) is 7.59. The first-order valence-electron chi connectivity index (χ1n) is 8.79. The van der Waals surface area contributed by atoms with Gasteiger partial charge in [-0.25, -0.2) is 9.37 Å². The van der Waals surface area contributed by atoms with E-state index in [2.05, 4.69) is 4.98 Å². The molecule has 0 bridgehead atoms. The molecular formula is C21H20FN3O2S. The number of benzene rings is 2. The van der Waals surface area contributed by atoms with Gasteiger partial charge in [-0.15, -0.1) is 11.3 Å². The maximum Gasteiger partial charge on any atom is 0.266 e. The zero-order valence-electron chi connectivity index (χ0n) is 15.4. The summed E-state index contributed by atoms with van der Waals surface area (Å²) in [5, 5.41) is 0.649. The van der Waals surface area contributed by atoms with E-state index in [0.717, 1.165) is 11.1 Å². The van der Waals surface area contributed by atoms with Gasteiger partial charge in [0.1, 0.15) is 15.7 Å². The molecule has 2 N–H and O–H groups in total. The topological polar surface area (TPSA) is 76.3 Å². The molecule has 0 aliphatic rings. The van der Waals surface area contributed by atoms with Crippen molar-refractivity contribution in [2.75, 3.05) is 6.54 Å². The predicted molar refractivity (Wildman–Crippen MR) is 107 cm³/mol. The summed E-state index contributed by atoms with van der Waals surface area (Å²) in [6.07, 6.45) is 0.0846. The van der Waals surface area contributed by atoms with Crippen LogP contribution in [0.4, 0.5) is 4.39 Å². The van der Waals surface area contributed by atoms with Crippen molar-refractivity contribution in [3.8, 4) is 10.6 Å². The molecule has 0 aliphatic heterocycles. The second-order valence-corrected chi connectivity index (χ2v) is 7.37. The van der Waals surface area contributed by atoms with Crippen LogP contribution in [0.2, 0.25) is 0 Å². The Hall–Kier alpha value is -3.06. The van der Waals surface area contributed by atoms with Gasteiger partial charge in [0.15, 0.2) is 0 Å². The van der Waals surface area contributed by atoms with Crippen molar-refractivity contribution >= 4 is 23.2 Å². The highest BCUT2D eigenvalue weighted by Gasteiger charge is 2.22. The van der Waals surface area contributed by atoms with E-state index in [4.69, 9.17) is 5.73 Å². The number of carbonyl (C=O) groups excluding carboxylic acids is 2. The normalized spacial score (nSPS) is 10.6. The first-order chi connectivity index (χ1) is 13.4. The number of amides is 2. The fraction of sp³-hybridized carbons (Fsp3) is 0.190. The van der Waals surface area contributed by atoms with Crippen molar-refractivity contribution in [2.45, 2.75) is 19.9 Å². The molecule has 0 fully saturated rings. The highest BCUT2D eigenvalue weighted by Crippen LogP contribution is 2.29. The summed E-state index contributed by atoms with van der Waals surface area (Å²) >= 11 is 1.26. The lowest BCUT2D eigenvalue weighted by Gasteiger charge is -2.22. The van der Waals surface area contributed by atoms with Crippen LogP contribution in [0.15, 0.2) is 54.6 Å². The number of thiazole rings is 1. The van der Waals surface area contributed by atoms with Gasteiger partial charge in [-0.1, -0.05) is 30.3 Å². The quantitative estimate of drug-likeness (QED) is 0.659. The molecule has 0 saturated heterocycles. The Labute approximate surface area is 166 Å². The van der Waals surface area contributed by atoms with Crippen molar-refractivity contribution in [3.05, 3.63) is 76.5 Å². The van der Waals surface area contributed by atoms with Gasteiger partial charge >= 0.3 is 0 Å². The van der Waals surface area contributed by atoms with E-state index in [9.17, 15) is 14.0 Å². The van der Waals surface area contributed by atoms with Crippen LogP contribution in [-0.4, -0.2) is 28.2 Å². The number of primary amides is 1. The second-order valence-electron chi connectivity index (χ2n) is 6.37. The summed E-state index contributed by atoms with van der Waals surface area (Å²) in [6, 6.07) is 15.5. The number of nitrogens with zero attached hydrogens (tertiary/aromatic N) is 2. The van der Waals surface area contributed by atoms with Gasteiger partial charge in [0.25, 0.3) is 5.91 Å². The third-order valence-electron chi connectivity index (χ3n) is 4.21. The molecule has 0 spiro atoms. The third-order valence-corrected chi connectivity index (χ3v) is 5.41. The molecule has 0 radical (unpaired) electrons. The van der Waals surface area contributed by atoms with Crippen molar-refractivity contribution in [3.63, 3.8) is 0 Å². The van der Waals surface area contributed by atoms with Gasteiger partial charge in [0.05, 0.1) is 5.69 Å². The molecule has 1 heterocycles. The Morgan fingerprint density at radius 1 is 1.11 bits per heavy atom. The Balaban J connectivity index is 1.87. The Bertz CT molecular complexity index is 971. The standard InChI is InChI=1S/C21H20FN3O2S/c1-14-19(28-20(24-14)16-7-9-17(22)10-8-16)21(27)25(12-11-18(23)26)13-15-5-3-2-4-6-15/h2-10H,11-13H2,1H3,(H2,23,26). The van der Waals surface area contributed by atoms with Crippen molar-refractivity contribution in [1.29, 1.82) is 0 Å². The Morgan fingerprint density at radius 2 is 1.79 bits per heavy atom. The molecule has 5 nitrogen and oxygen atoms in total. The lowest BCUT2D eigenvalue weighted by Crippen LogP contribution is -2.33. The van der Waals surface area contributed by atoms with Crippen LogP contribution in [-0.2, 0) is 11.3 Å². The maximum atomic E-state index is 13.2. The number of nitrogens with two attached hydrogens (primary N) is 1. The van der Waals surface area contributed by atoms with Crippen LogP contribution >= 0.6 is 11.3 Å². The molecule has 3 aromatic rings. The number of aromatic nitrogens is 1. The monoisotopic (exact) mass is 397 g/mol. The van der Waals surface area contributed by atoms with Crippen LogP contribution in [0.5, 0.6) is 0 Å². The third kappa shape index (κ3) is 4.80. The highest BCUT2D eigenvalue weighted by molar-refractivity contribution is 7.17. The van der Waals surface area contributed by atoms with Gasteiger partial charge in [-0.05, 0) is 36.8 Å². The molecule has 2 aromatic carbocycles. The smallest absolute Gasteiger partial charge is 0.266 e. The summed E-state index contributed by atoms with van der Waals surface area (Å²) in [7, 11) is 0. The van der Waals surface area contributed by atoms with E-state index in [1.165, 1.54) is 23.5 Å². The fourth-order valence-electron chi connectivity index (χ4n) is 2.76. The lowest BCUT2D eigenvalue weighted by molar-refractivity contribution is -0.118. The summed E-state index contributed by atoms with van der Waals surface area (Å²) in [6.45, 7) is 2.37. The zero-order chi connectivity index (χ0) is 20.1. The van der Waals surface area contributed by atoms with Crippen LogP contribution in [0, 0.1) is 12.7 Å². The van der Waals surface area contributed by atoms with Gasteiger partial charge in [0, 0.05) is 25.1 Å². The average molecular weight is 397 g/mol. The molecule has 0 atom stereocenters. The Kier molecular flexibility index (Phi) is 6.16. The molecule has 28 heavy (non-hydrogen) atoms. The van der Waals surface area contributed by atoms with Crippen LogP contribution in [0.1, 0.15) is 27.3 Å². The fourth-order valence-corrected chi connectivity index (χ4v) is 3.80. The van der Waals surface area contributed by atoms with E-state index in [0.29, 0.717) is 22.1 Å². The van der Waals surface area contributed by atoms with Gasteiger partial charge in [-0.3, -0.25) is 9.59 Å². The largest absolute Gasteiger partial charge is 0.370 e. The minimum absolute atomic E-state index is 0.0846. The van der Waals surface area contributed by atoms with E-state index in [-0.39, 0.29) is 24.7 Å². The average Bonchev–Trinajstić information content (AvgIpc) is 3.07. The molecule has 7 heteroatoms. The summed E-state index contributed by atoms with van der Waals surface area (Å²) < 4.78 is 13.2. The number of hydrogen-bond acceptors (Lipinski definition) is 4. The minimum Gasteiger partial charge on any atom is -0.370 e. The molecule has 0 unspecified atom stereocenters. The van der Waals surface area contributed by atoms with E-state index in [1.807, 2.05) is 30.3 Å². The molecular weight excluding hydrogens is 377 g/mol. The van der Waals surface area contributed by atoms with Gasteiger partial charge < -0.3 is 10.6 Å². The van der Waals surface area contributed by atoms with Crippen molar-refractivity contribution in [1.82, 2.24) is 9.88 Å². The van der Waals surface area contributed by atoms with Crippen molar-refractivity contribution in [2.24, 2.45) is 5.73 Å². The van der Waals surface area contributed by atoms with E-state index < -0.39 is 5.91 Å². The van der Waals surface area contributed by atoms with E-state index in [1.54, 1.807) is 24.0 Å². The van der Waals surface area contributed by atoms with Crippen molar-refractivity contribution < 1.29 is 14.0 Å². The number of halogens is 1. The number of hydrogen-bond donors (Lipinski definition) is 1. The van der Waals surface area contributed by atoms with E-state index >= 15 is 0 Å². The van der Waals surface area contributed by atoms with Crippen LogP contribution in [0.3, 0.4) is 0 Å². The van der Waals surface area contributed by atoms with Crippen LogP contribution in [0.25, 0.3) is 10.6 Å². The molecule has 144 valence electrons. The minimum atomic E-state index is -0.459. The van der Waals surface area contributed by atoms with Gasteiger partial charge in [0.2, 0.25) is 5.91 Å². The summed E-state index contributed by atoms with van der Waals surface area (Å²) in [5.74, 6) is -0.985. The van der Waals surface area contributed by atoms with Gasteiger partial charge in [-0.2, -0.15) is 0 Å². The molecule has 3 rings (SSSR count). The zero-order valence-corrected chi connectivity index (χ0v) is 16.2. The predicted octanol–water partition coefficient (Wildman–Crippen LogP) is 3.78. The second kappa shape index (κ2) is 8.75. The number of carbonyl (C=O) groups is 2. The number of aryl methyl sites for hydroxylation is 1. The van der Waals surface area contributed by atoms with Crippen LogP contribution < -0.4 is 5.73 Å². The lowest BCUT2D eigenvalue weighted by atomic mass is 10.2. The molecule has 2 amide bonds.